The molecular formula is C24H25N7O. The SMILES string of the molecule is Cn1cc(-c2cnc3ccc(NC(=O)NC4CCC(c5ccccc5)CC4)nc3n2)cn1. The number of carbonyl (C=O) groups excluding carboxylic acids is 1. The second-order valence-corrected chi connectivity index (χ2v) is 8.25. The first-order valence-electron chi connectivity index (χ1n) is 10.9. The maximum Gasteiger partial charge on any atom is 0.320 e. The zero-order valence-electron chi connectivity index (χ0n) is 17.9. The fraction of sp³-hybridized carbons (Fsp3) is 0.292. The van der Waals surface area contributed by atoms with Crippen molar-refractivity contribution in [2.24, 2.45) is 7.05 Å². The topological polar surface area (TPSA) is 97.6 Å². The Morgan fingerprint density at radius 3 is 2.56 bits per heavy atom. The van der Waals surface area contributed by atoms with Crippen LogP contribution in [-0.2, 0) is 7.05 Å². The van der Waals surface area contributed by atoms with Crippen LogP contribution < -0.4 is 10.6 Å². The highest BCUT2D eigenvalue weighted by Gasteiger charge is 2.23. The van der Waals surface area contributed by atoms with E-state index in [-0.39, 0.29) is 12.1 Å². The fourth-order valence-corrected chi connectivity index (χ4v) is 4.29. The van der Waals surface area contributed by atoms with Gasteiger partial charge in [-0.1, -0.05) is 30.3 Å². The van der Waals surface area contributed by atoms with Gasteiger partial charge in [0.2, 0.25) is 0 Å². The van der Waals surface area contributed by atoms with E-state index in [9.17, 15) is 4.79 Å². The van der Waals surface area contributed by atoms with E-state index in [1.807, 2.05) is 25.4 Å². The van der Waals surface area contributed by atoms with Crippen molar-refractivity contribution in [2.75, 3.05) is 5.32 Å². The lowest BCUT2D eigenvalue weighted by Crippen LogP contribution is -2.40. The number of aryl methyl sites for hydroxylation is 1. The number of benzene rings is 1. The molecule has 0 saturated heterocycles. The van der Waals surface area contributed by atoms with Gasteiger partial charge in [0.1, 0.15) is 11.3 Å². The van der Waals surface area contributed by atoms with Crippen LogP contribution in [0.25, 0.3) is 22.4 Å². The van der Waals surface area contributed by atoms with Crippen LogP contribution in [0.15, 0.2) is 61.1 Å². The van der Waals surface area contributed by atoms with Gasteiger partial charge in [-0.2, -0.15) is 5.10 Å². The lowest BCUT2D eigenvalue weighted by molar-refractivity contribution is 0.242. The summed E-state index contributed by atoms with van der Waals surface area (Å²) in [5.41, 5.74) is 4.10. The smallest absolute Gasteiger partial charge is 0.320 e. The molecule has 1 fully saturated rings. The number of pyridine rings is 1. The molecule has 1 aliphatic rings. The molecule has 0 radical (unpaired) electrons. The molecule has 0 aliphatic heterocycles. The molecule has 0 unspecified atom stereocenters. The Bertz CT molecular complexity index is 1230. The maximum atomic E-state index is 12.6. The molecular weight excluding hydrogens is 402 g/mol. The number of nitrogens with zero attached hydrogens (tertiary/aromatic N) is 5. The molecule has 3 aromatic heterocycles. The van der Waals surface area contributed by atoms with Gasteiger partial charge >= 0.3 is 6.03 Å². The van der Waals surface area contributed by atoms with Crippen LogP contribution in [0.5, 0.6) is 0 Å². The second kappa shape index (κ2) is 8.74. The van der Waals surface area contributed by atoms with Crippen molar-refractivity contribution in [1.29, 1.82) is 0 Å². The standard InChI is InChI=1S/C24H25N7O/c1-31-15-18(13-26-31)21-14-25-20-11-12-22(29-23(20)28-21)30-24(32)27-19-9-7-17(8-10-19)16-5-3-2-4-6-16/h2-6,11-15,17,19H,7-10H2,1H3,(H2,27,28,29,30,32). The molecule has 2 N–H and O–H groups in total. The number of rotatable bonds is 4. The van der Waals surface area contributed by atoms with E-state index in [4.69, 9.17) is 0 Å². The number of hydrogen-bond acceptors (Lipinski definition) is 5. The monoisotopic (exact) mass is 427 g/mol. The third kappa shape index (κ3) is 4.44. The predicted molar refractivity (Wildman–Crippen MR) is 123 cm³/mol. The van der Waals surface area contributed by atoms with E-state index in [1.165, 1.54) is 5.56 Å². The quantitative estimate of drug-likeness (QED) is 0.507. The third-order valence-electron chi connectivity index (χ3n) is 5.98. The van der Waals surface area contributed by atoms with Gasteiger partial charge in [-0.05, 0) is 49.3 Å². The lowest BCUT2D eigenvalue weighted by atomic mass is 9.82. The van der Waals surface area contributed by atoms with Gasteiger partial charge in [0, 0.05) is 24.8 Å². The molecule has 3 heterocycles. The Morgan fingerprint density at radius 1 is 1.00 bits per heavy atom. The zero-order chi connectivity index (χ0) is 21.9. The van der Waals surface area contributed by atoms with Crippen LogP contribution in [0.2, 0.25) is 0 Å². The van der Waals surface area contributed by atoms with Crippen LogP contribution in [0.3, 0.4) is 0 Å². The Labute approximate surface area is 186 Å². The normalized spacial score (nSPS) is 18.4. The Balaban J connectivity index is 1.21. The Kier molecular flexibility index (Phi) is 5.49. The van der Waals surface area contributed by atoms with Crippen molar-refractivity contribution in [3.63, 3.8) is 0 Å². The summed E-state index contributed by atoms with van der Waals surface area (Å²) in [6.45, 7) is 0. The maximum absolute atomic E-state index is 12.6. The number of nitrogens with one attached hydrogen (secondary N) is 2. The van der Waals surface area contributed by atoms with E-state index in [2.05, 4.69) is 54.9 Å². The van der Waals surface area contributed by atoms with Crippen molar-refractivity contribution >= 4 is 23.0 Å². The summed E-state index contributed by atoms with van der Waals surface area (Å²) in [5.74, 6) is 1.03. The van der Waals surface area contributed by atoms with Crippen molar-refractivity contribution in [3.8, 4) is 11.3 Å². The van der Waals surface area contributed by atoms with Crippen molar-refractivity contribution in [1.82, 2.24) is 30.0 Å². The summed E-state index contributed by atoms with van der Waals surface area (Å²) in [5, 5.41) is 10.1. The average molecular weight is 428 g/mol. The van der Waals surface area contributed by atoms with Gasteiger partial charge in [0.25, 0.3) is 0 Å². The van der Waals surface area contributed by atoms with E-state index >= 15 is 0 Å². The lowest BCUT2D eigenvalue weighted by Gasteiger charge is -2.29. The molecule has 1 aromatic carbocycles. The summed E-state index contributed by atoms with van der Waals surface area (Å²) >= 11 is 0. The minimum Gasteiger partial charge on any atom is -0.335 e. The van der Waals surface area contributed by atoms with E-state index in [1.54, 1.807) is 23.1 Å². The fourth-order valence-electron chi connectivity index (χ4n) is 4.29. The van der Waals surface area contributed by atoms with Gasteiger partial charge in [0.05, 0.1) is 18.1 Å². The highest BCUT2D eigenvalue weighted by atomic mass is 16.2. The first kappa shape index (κ1) is 20.1. The number of hydrogen-bond donors (Lipinski definition) is 2. The van der Waals surface area contributed by atoms with E-state index in [0.717, 1.165) is 31.2 Å². The highest BCUT2D eigenvalue weighted by molar-refractivity contribution is 5.89. The minimum atomic E-state index is -0.239. The largest absolute Gasteiger partial charge is 0.335 e. The van der Waals surface area contributed by atoms with E-state index in [0.29, 0.717) is 28.6 Å². The van der Waals surface area contributed by atoms with Crippen LogP contribution in [-0.4, -0.2) is 36.8 Å². The summed E-state index contributed by atoms with van der Waals surface area (Å²) in [4.78, 5) is 26.0. The molecule has 1 saturated carbocycles. The summed E-state index contributed by atoms with van der Waals surface area (Å²) < 4.78 is 1.71. The highest BCUT2D eigenvalue weighted by Crippen LogP contribution is 2.32. The Hall–Kier alpha value is -3.81. The summed E-state index contributed by atoms with van der Waals surface area (Å²) in [6, 6.07) is 14.1. The third-order valence-corrected chi connectivity index (χ3v) is 5.98. The molecule has 0 bridgehead atoms. The molecule has 162 valence electrons. The molecule has 8 nitrogen and oxygen atoms in total. The number of carbonyl (C=O) groups is 1. The number of aromatic nitrogens is 5. The molecule has 0 atom stereocenters. The van der Waals surface area contributed by atoms with Gasteiger partial charge in [0.15, 0.2) is 5.65 Å². The predicted octanol–water partition coefficient (Wildman–Crippen LogP) is 4.27. The van der Waals surface area contributed by atoms with Crippen LogP contribution in [0, 0.1) is 0 Å². The van der Waals surface area contributed by atoms with Crippen molar-refractivity contribution in [2.45, 2.75) is 37.6 Å². The van der Waals surface area contributed by atoms with Crippen LogP contribution in [0.1, 0.15) is 37.2 Å². The number of urea groups is 1. The van der Waals surface area contributed by atoms with Gasteiger partial charge in [-0.3, -0.25) is 15.0 Å². The molecule has 8 heteroatoms. The van der Waals surface area contributed by atoms with E-state index < -0.39 is 0 Å². The zero-order valence-corrected chi connectivity index (χ0v) is 17.9. The number of fused-ring (bicyclic) bond motifs is 1. The average Bonchev–Trinajstić information content (AvgIpc) is 3.26. The molecule has 4 aromatic rings. The molecule has 0 spiro atoms. The summed E-state index contributed by atoms with van der Waals surface area (Å²) in [7, 11) is 1.85. The minimum absolute atomic E-state index is 0.174. The van der Waals surface area contributed by atoms with Crippen LogP contribution >= 0.6 is 0 Å². The molecule has 1 aliphatic carbocycles. The first-order valence-corrected chi connectivity index (χ1v) is 10.9. The van der Waals surface area contributed by atoms with Crippen LogP contribution in [0.4, 0.5) is 10.6 Å². The Morgan fingerprint density at radius 2 is 1.81 bits per heavy atom. The number of anilines is 1. The van der Waals surface area contributed by atoms with Gasteiger partial charge in [-0.15, -0.1) is 0 Å². The second-order valence-electron chi connectivity index (χ2n) is 8.25. The van der Waals surface area contributed by atoms with Gasteiger partial charge < -0.3 is 5.32 Å². The van der Waals surface area contributed by atoms with Crippen molar-refractivity contribution in [3.05, 3.63) is 66.6 Å². The first-order chi connectivity index (χ1) is 15.6. The van der Waals surface area contributed by atoms with Gasteiger partial charge in [-0.25, -0.2) is 14.8 Å². The molecule has 2 amide bonds. The van der Waals surface area contributed by atoms with Crippen molar-refractivity contribution < 1.29 is 4.79 Å². The number of amides is 2. The summed E-state index contributed by atoms with van der Waals surface area (Å²) in [6.07, 6.45) is 9.41. The molecule has 5 rings (SSSR count). The molecule has 32 heavy (non-hydrogen) atoms.